The van der Waals surface area contributed by atoms with Gasteiger partial charge >= 0.3 is 0 Å². The molecule has 0 spiro atoms. The van der Waals surface area contributed by atoms with Gasteiger partial charge < -0.3 is 15.5 Å². The molecule has 3 heterocycles. The Balaban J connectivity index is 1.69. The lowest BCUT2D eigenvalue weighted by atomic mass is 9.84. The average molecular weight is 407 g/mol. The summed E-state index contributed by atoms with van der Waals surface area (Å²) >= 11 is 0. The Labute approximate surface area is 179 Å². The molecular weight excluding hydrogens is 360 g/mol. The minimum Gasteiger partial charge on any atom is -0.357 e. The van der Waals surface area contributed by atoms with Crippen LogP contribution >= 0.6 is 0 Å². The maximum Gasteiger partial charge on any atom is 0.191 e. The van der Waals surface area contributed by atoms with E-state index in [1.807, 2.05) is 0 Å². The standard InChI is InChI=1S/C23H46N6/c1-6-24-22(26-21-17-28(19(2)3)16-20(21)4)25-18-23(10-14-27(5)15-11-23)29-12-8-7-9-13-29/h19-21H,6-18H2,1-5H3,(H2,24,25,26). The van der Waals surface area contributed by atoms with Crippen molar-refractivity contribution in [3.8, 4) is 0 Å². The number of hydrogen-bond acceptors (Lipinski definition) is 4. The lowest BCUT2D eigenvalue weighted by molar-refractivity contribution is 0.0208. The van der Waals surface area contributed by atoms with E-state index in [2.05, 4.69) is 60.1 Å². The summed E-state index contributed by atoms with van der Waals surface area (Å²) in [6, 6.07) is 1.10. The Kier molecular flexibility index (Phi) is 8.23. The highest BCUT2D eigenvalue weighted by Gasteiger charge is 2.40. The van der Waals surface area contributed by atoms with Gasteiger partial charge in [-0.15, -0.1) is 0 Å². The number of likely N-dealkylation sites (tertiary alicyclic amines) is 3. The fraction of sp³-hybridized carbons (Fsp3) is 0.957. The van der Waals surface area contributed by atoms with E-state index < -0.39 is 0 Å². The first kappa shape index (κ1) is 22.8. The van der Waals surface area contributed by atoms with E-state index in [4.69, 9.17) is 4.99 Å². The van der Waals surface area contributed by atoms with Gasteiger partial charge in [0.15, 0.2) is 5.96 Å². The summed E-state index contributed by atoms with van der Waals surface area (Å²) in [5, 5.41) is 7.32. The van der Waals surface area contributed by atoms with Gasteiger partial charge in [-0.1, -0.05) is 13.3 Å². The van der Waals surface area contributed by atoms with Crippen molar-refractivity contribution in [1.29, 1.82) is 0 Å². The fourth-order valence-electron chi connectivity index (χ4n) is 5.31. The smallest absolute Gasteiger partial charge is 0.191 e. The van der Waals surface area contributed by atoms with Gasteiger partial charge in [-0.05, 0) is 85.6 Å². The highest BCUT2D eigenvalue weighted by atomic mass is 15.3. The van der Waals surface area contributed by atoms with Crippen LogP contribution in [0.1, 0.15) is 59.8 Å². The zero-order chi connectivity index (χ0) is 20.9. The van der Waals surface area contributed by atoms with Crippen LogP contribution in [-0.4, -0.2) is 97.7 Å². The molecule has 0 aromatic carbocycles. The van der Waals surface area contributed by atoms with Gasteiger partial charge in [0.1, 0.15) is 0 Å². The van der Waals surface area contributed by atoms with Crippen LogP contribution in [0, 0.1) is 5.92 Å². The molecule has 0 amide bonds. The Morgan fingerprint density at radius 3 is 2.34 bits per heavy atom. The van der Waals surface area contributed by atoms with E-state index in [1.165, 1.54) is 64.8 Å². The van der Waals surface area contributed by atoms with Gasteiger partial charge in [-0.25, -0.2) is 0 Å². The molecule has 168 valence electrons. The first-order valence-corrected chi connectivity index (χ1v) is 12.2. The Morgan fingerprint density at radius 1 is 1.07 bits per heavy atom. The zero-order valence-electron chi connectivity index (χ0n) is 19.7. The molecule has 2 unspecified atom stereocenters. The van der Waals surface area contributed by atoms with Crippen molar-refractivity contribution in [3.05, 3.63) is 0 Å². The number of hydrogen-bond donors (Lipinski definition) is 2. The van der Waals surface area contributed by atoms with Gasteiger partial charge in [-0.3, -0.25) is 14.8 Å². The van der Waals surface area contributed by atoms with Crippen LogP contribution < -0.4 is 10.6 Å². The lowest BCUT2D eigenvalue weighted by Gasteiger charge is -2.49. The molecule has 3 rings (SSSR count). The predicted molar refractivity (Wildman–Crippen MR) is 124 cm³/mol. The predicted octanol–water partition coefficient (Wildman–Crippen LogP) is 2.22. The van der Waals surface area contributed by atoms with E-state index in [0.29, 0.717) is 18.0 Å². The van der Waals surface area contributed by atoms with Crippen molar-refractivity contribution >= 4 is 5.96 Å². The second-order valence-corrected chi connectivity index (χ2v) is 10.0. The van der Waals surface area contributed by atoms with E-state index in [-0.39, 0.29) is 5.54 Å². The summed E-state index contributed by atoms with van der Waals surface area (Å²) in [6.45, 7) is 18.2. The van der Waals surface area contributed by atoms with Gasteiger partial charge in [0.2, 0.25) is 0 Å². The molecule has 0 radical (unpaired) electrons. The fourth-order valence-corrected chi connectivity index (χ4v) is 5.31. The van der Waals surface area contributed by atoms with Crippen molar-refractivity contribution in [2.75, 3.05) is 59.4 Å². The van der Waals surface area contributed by atoms with Crippen molar-refractivity contribution in [2.24, 2.45) is 10.9 Å². The number of piperidine rings is 2. The molecule has 0 aliphatic carbocycles. The molecule has 0 saturated carbocycles. The minimum absolute atomic E-state index is 0.251. The van der Waals surface area contributed by atoms with E-state index in [9.17, 15) is 0 Å². The van der Waals surface area contributed by atoms with Crippen LogP contribution in [0.3, 0.4) is 0 Å². The van der Waals surface area contributed by atoms with Gasteiger partial charge in [0, 0.05) is 37.3 Å². The van der Waals surface area contributed by atoms with Crippen LogP contribution in [0.2, 0.25) is 0 Å². The van der Waals surface area contributed by atoms with Crippen molar-refractivity contribution in [3.63, 3.8) is 0 Å². The molecule has 0 aromatic rings. The van der Waals surface area contributed by atoms with Crippen molar-refractivity contribution < 1.29 is 0 Å². The molecule has 0 aromatic heterocycles. The molecule has 3 saturated heterocycles. The Morgan fingerprint density at radius 2 is 1.76 bits per heavy atom. The third-order valence-electron chi connectivity index (χ3n) is 7.51. The molecule has 29 heavy (non-hydrogen) atoms. The van der Waals surface area contributed by atoms with Crippen molar-refractivity contribution in [1.82, 2.24) is 25.3 Å². The van der Waals surface area contributed by atoms with Gasteiger partial charge in [0.05, 0.1) is 6.54 Å². The molecule has 3 fully saturated rings. The van der Waals surface area contributed by atoms with Crippen LogP contribution in [0.25, 0.3) is 0 Å². The molecule has 6 heteroatoms. The summed E-state index contributed by atoms with van der Waals surface area (Å²) in [6.07, 6.45) is 6.58. The molecule has 0 bridgehead atoms. The topological polar surface area (TPSA) is 46.1 Å². The van der Waals surface area contributed by atoms with Gasteiger partial charge in [-0.2, -0.15) is 0 Å². The number of nitrogens with zero attached hydrogens (tertiary/aromatic N) is 4. The molecule has 2 N–H and O–H groups in total. The maximum absolute atomic E-state index is 5.19. The number of aliphatic imine (C=N–C) groups is 1. The summed E-state index contributed by atoms with van der Waals surface area (Å²) in [5.41, 5.74) is 0.251. The quantitative estimate of drug-likeness (QED) is 0.523. The Bertz CT molecular complexity index is 519. The summed E-state index contributed by atoms with van der Waals surface area (Å²) < 4.78 is 0. The zero-order valence-corrected chi connectivity index (χ0v) is 19.7. The number of guanidine groups is 1. The second kappa shape index (κ2) is 10.5. The SMILES string of the molecule is CCNC(=NCC1(N2CCCCC2)CCN(C)CC1)NC1CN(C(C)C)CC1C. The molecule has 3 aliphatic heterocycles. The number of nitrogens with one attached hydrogen (secondary N) is 2. The van der Waals surface area contributed by atoms with Gasteiger partial charge in [0.25, 0.3) is 0 Å². The first-order chi connectivity index (χ1) is 13.9. The van der Waals surface area contributed by atoms with Crippen molar-refractivity contribution in [2.45, 2.75) is 77.4 Å². The molecule has 6 nitrogen and oxygen atoms in total. The van der Waals surface area contributed by atoms with E-state index in [1.54, 1.807) is 0 Å². The average Bonchev–Trinajstić information content (AvgIpc) is 3.09. The van der Waals surface area contributed by atoms with Crippen LogP contribution in [0.4, 0.5) is 0 Å². The highest BCUT2D eigenvalue weighted by Crippen LogP contribution is 2.31. The van der Waals surface area contributed by atoms with Crippen LogP contribution in [-0.2, 0) is 0 Å². The molecule has 3 aliphatic rings. The van der Waals surface area contributed by atoms with E-state index >= 15 is 0 Å². The second-order valence-electron chi connectivity index (χ2n) is 10.0. The molecular formula is C23H46N6. The third-order valence-corrected chi connectivity index (χ3v) is 7.51. The summed E-state index contributed by atoms with van der Waals surface area (Å²) in [5.74, 6) is 1.67. The molecule has 2 atom stereocenters. The summed E-state index contributed by atoms with van der Waals surface area (Å²) in [7, 11) is 2.26. The highest BCUT2D eigenvalue weighted by molar-refractivity contribution is 5.80. The van der Waals surface area contributed by atoms with Crippen LogP contribution in [0.5, 0.6) is 0 Å². The minimum atomic E-state index is 0.251. The lowest BCUT2D eigenvalue weighted by Crippen LogP contribution is -2.58. The van der Waals surface area contributed by atoms with E-state index in [0.717, 1.165) is 25.6 Å². The monoisotopic (exact) mass is 406 g/mol. The third kappa shape index (κ3) is 5.86. The summed E-state index contributed by atoms with van der Waals surface area (Å²) in [4.78, 5) is 13.0. The normalized spacial score (nSPS) is 30.1. The Hall–Kier alpha value is -0.850. The van der Waals surface area contributed by atoms with Crippen LogP contribution in [0.15, 0.2) is 4.99 Å². The maximum atomic E-state index is 5.19. The number of rotatable bonds is 6. The largest absolute Gasteiger partial charge is 0.357 e. The first-order valence-electron chi connectivity index (χ1n) is 12.2.